The summed E-state index contributed by atoms with van der Waals surface area (Å²) in [5, 5.41) is 5.42. The normalized spacial score (nSPS) is 24.6. The fourth-order valence-corrected chi connectivity index (χ4v) is 3.18. The van der Waals surface area contributed by atoms with E-state index in [1.165, 1.54) is 37.3 Å². The summed E-state index contributed by atoms with van der Waals surface area (Å²) >= 11 is 1.96. The molecule has 0 aromatic rings. The van der Waals surface area contributed by atoms with E-state index in [-0.39, 0.29) is 0 Å². The molecule has 0 bridgehead atoms. The topological polar surface area (TPSA) is 33.6 Å². The predicted octanol–water partition coefficient (Wildman–Crippen LogP) is 2.27. The molecule has 1 unspecified atom stereocenters. The number of hydrogen-bond donors (Lipinski definition) is 1. The molecule has 0 spiro atoms. The van der Waals surface area contributed by atoms with Crippen LogP contribution < -0.4 is 5.32 Å². The van der Waals surface area contributed by atoms with Gasteiger partial charge in [-0.2, -0.15) is 0 Å². The second kappa shape index (κ2) is 6.50. The number of amidine groups is 1. The van der Waals surface area contributed by atoms with Crippen molar-refractivity contribution in [2.45, 2.75) is 37.4 Å². The minimum Gasteiger partial charge on any atom is -0.385 e. The van der Waals surface area contributed by atoms with Gasteiger partial charge in [0.15, 0.2) is 5.17 Å². The summed E-state index contributed by atoms with van der Waals surface area (Å²) < 4.78 is 5.02. The second-order valence-corrected chi connectivity index (χ2v) is 5.85. The van der Waals surface area contributed by atoms with Crippen molar-refractivity contribution in [3.8, 4) is 0 Å². The first-order valence-corrected chi connectivity index (χ1v) is 7.22. The molecule has 0 saturated heterocycles. The van der Waals surface area contributed by atoms with E-state index in [0.29, 0.717) is 0 Å². The van der Waals surface area contributed by atoms with Crippen molar-refractivity contribution in [1.29, 1.82) is 0 Å². The number of hydrogen-bond acceptors (Lipinski definition) is 4. The van der Waals surface area contributed by atoms with Gasteiger partial charge < -0.3 is 10.1 Å². The molecule has 3 nitrogen and oxygen atoms in total. The molecular formula is C12H22N2OS. The van der Waals surface area contributed by atoms with Crippen LogP contribution >= 0.6 is 11.8 Å². The smallest absolute Gasteiger partial charge is 0.156 e. The van der Waals surface area contributed by atoms with Gasteiger partial charge in [-0.25, -0.2) is 0 Å². The third-order valence-corrected chi connectivity index (χ3v) is 4.46. The molecular weight excluding hydrogens is 220 g/mol. The van der Waals surface area contributed by atoms with Crippen molar-refractivity contribution in [2.24, 2.45) is 10.9 Å². The van der Waals surface area contributed by atoms with Crippen LogP contribution in [0, 0.1) is 5.92 Å². The monoisotopic (exact) mass is 242 g/mol. The summed E-state index contributed by atoms with van der Waals surface area (Å²) in [6.45, 7) is 2.99. The Hall–Kier alpha value is -0.220. The molecule has 2 aliphatic rings. The van der Waals surface area contributed by atoms with Crippen LogP contribution in [0.4, 0.5) is 0 Å². The Bertz CT molecular complexity index is 241. The van der Waals surface area contributed by atoms with Crippen LogP contribution in [0.3, 0.4) is 0 Å². The van der Waals surface area contributed by atoms with E-state index in [1.807, 2.05) is 11.8 Å². The van der Waals surface area contributed by atoms with Crippen LogP contribution in [0.25, 0.3) is 0 Å². The van der Waals surface area contributed by atoms with Gasteiger partial charge in [0.05, 0.1) is 6.54 Å². The van der Waals surface area contributed by atoms with Crippen LogP contribution in [-0.2, 0) is 4.74 Å². The van der Waals surface area contributed by atoms with Gasteiger partial charge in [-0.3, -0.25) is 4.99 Å². The fraction of sp³-hybridized carbons (Fsp3) is 0.917. The third-order valence-electron chi connectivity index (χ3n) is 3.13. The number of nitrogens with one attached hydrogen (secondary N) is 1. The van der Waals surface area contributed by atoms with Gasteiger partial charge in [0.25, 0.3) is 0 Å². The van der Waals surface area contributed by atoms with Crippen molar-refractivity contribution in [3.63, 3.8) is 0 Å². The van der Waals surface area contributed by atoms with E-state index in [1.54, 1.807) is 7.11 Å². The maximum atomic E-state index is 5.02. The standard InChI is InChI=1S/C12H22N2OS/c1-15-8-4-2-3-7-13-12-14-9-11(16-12)10-5-6-10/h10-11H,2-9H2,1H3,(H,13,14). The zero-order valence-electron chi connectivity index (χ0n) is 10.1. The van der Waals surface area contributed by atoms with Gasteiger partial charge >= 0.3 is 0 Å². The van der Waals surface area contributed by atoms with E-state index in [0.717, 1.165) is 30.9 Å². The van der Waals surface area contributed by atoms with Crippen molar-refractivity contribution in [3.05, 3.63) is 0 Å². The third kappa shape index (κ3) is 3.98. The zero-order valence-corrected chi connectivity index (χ0v) is 10.9. The average Bonchev–Trinajstić information content (AvgIpc) is 3.04. The maximum Gasteiger partial charge on any atom is 0.156 e. The Morgan fingerprint density at radius 2 is 2.25 bits per heavy atom. The number of rotatable bonds is 7. The highest BCUT2D eigenvalue weighted by molar-refractivity contribution is 8.14. The highest BCUT2D eigenvalue weighted by Gasteiger charge is 2.35. The van der Waals surface area contributed by atoms with Crippen LogP contribution in [-0.4, -0.2) is 37.2 Å². The van der Waals surface area contributed by atoms with E-state index >= 15 is 0 Å². The first-order valence-electron chi connectivity index (χ1n) is 6.34. The number of aliphatic imine (C=N–C) groups is 1. The molecule has 0 amide bonds. The molecule has 92 valence electrons. The summed E-state index contributed by atoms with van der Waals surface area (Å²) in [6.07, 6.45) is 6.49. The average molecular weight is 242 g/mol. The highest BCUT2D eigenvalue weighted by Crippen LogP contribution is 2.41. The molecule has 4 heteroatoms. The number of thioether (sulfide) groups is 1. The fourth-order valence-electron chi connectivity index (χ4n) is 1.95. The van der Waals surface area contributed by atoms with Crippen LogP contribution in [0.15, 0.2) is 4.99 Å². The zero-order chi connectivity index (χ0) is 11.2. The number of nitrogens with zero attached hydrogens (tertiary/aromatic N) is 1. The van der Waals surface area contributed by atoms with Crippen LogP contribution in [0.5, 0.6) is 0 Å². The molecule has 1 N–H and O–H groups in total. The summed E-state index contributed by atoms with van der Waals surface area (Å²) in [4.78, 5) is 4.56. The van der Waals surface area contributed by atoms with E-state index < -0.39 is 0 Å². The Labute approximate surface area is 102 Å². The molecule has 1 aliphatic heterocycles. The summed E-state index contributed by atoms with van der Waals surface area (Å²) in [6, 6.07) is 0. The molecule has 0 radical (unpaired) electrons. The van der Waals surface area contributed by atoms with Crippen LogP contribution in [0.1, 0.15) is 32.1 Å². The van der Waals surface area contributed by atoms with Gasteiger partial charge in [0.2, 0.25) is 0 Å². The van der Waals surface area contributed by atoms with E-state index in [9.17, 15) is 0 Å². The van der Waals surface area contributed by atoms with Crippen LogP contribution in [0.2, 0.25) is 0 Å². The molecule has 1 heterocycles. The SMILES string of the molecule is COCCCCCNC1=NCC(C2CC2)S1. The number of ether oxygens (including phenoxy) is 1. The molecule has 16 heavy (non-hydrogen) atoms. The molecule has 1 atom stereocenters. The van der Waals surface area contributed by atoms with E-state index in [4.69, 9.17) is 4.74 Å². The predicted molar refractivity (Wildman–Crippen MR) is 70.1 cm³/mol. The molecule has 2 rings (SSSR count). The lowest BCUT2D eigenvalue weighted by Gasteiger charge is -2.07. The Balaban J connectivity index is 1.47. The summed E-state index contributed by atoms with van der Waals surface area (Å²) in [5.74, 6) is 0.967. The first kappa shape index (κ1) is 12.2. The molecule has 0 aromatic carbocycles. The lowest BCUT2D eigenvalue weighted by Crippen LogP contribution is -2.21. The Morgan fingerprint density at radius 3 is 3.00 bits per heavy atom. The van der Waals surface area contributed by atoms with Gasteiger partial charge in [0, 0.05) is 25.5 Å². The molecule has 1 fully saturated rings. The van der Waals surface area contributed by atoms with Gasteiger partial charge in [0.1, 0.15) is 0 Å². The van der Waals surface area contributed by atoms with Crippen molar-refractivity contribution in [2.75, 3.05) is 26.8 Å². The second-order valence-electron chi connectivity index (χ2n) is 4.62. The van der Waals surface area contributed by atoms with Crippen molar-refractivity contribution < 1.29 is 4.74 Å². The Kier molecular flexibility index (Phi) is 4.97. The largest absolute Gasteiger partial charge is 0.385 e. The van der Waals surface area contributed by atoms with Gasteiger partial charge in [-0.05, 0) is 38.0 Å². The van der Waals surface area contributed by atoms with Crippen molar-refractivity contribution >= 4 is 16.9 Å². The lowest BCUT2D eigenvalue weighted by molar-refractivity contribution is 0.192. The molecule has 0 aromatic heterocycles. The molecule has 1 aliphatic carbocycles. The molecule has 1 saturated carbocycles. The highest BCUT2D eigenvalue weighted by atomic mass is 32.2. The summed E-state index contributed by atoms with van der Waals surface area (Å²) in [5.41, 5.74) is 0. The number of unbranched alkanes of at least 4 members (excludes halogenated alkanes) is 2. The van der Waals surface area contributed by atoms with Gasteiger partial charge in [-0.1, -0.05) is 11.8 Å². The first-order chi connectivity index (χ1) is 7.90. The van der Waals surface area contributed by atoms with E-state index in [2.05, 4.69) is 10.3 Å². The minimum absolute atomic E-state index is 0.788. The Morgan fingerprint density at radius 1 is 1.38 bits per heavy atom. The minimum atomic E-state index is 0.788. The lowest BCUT2D eigenvalue weighted by atomic mass is 10.2. The quantitative estimate of drug-likeness (QED) is 0.695. The van der Waals surface area contributed by atoms with Gasteiger partial charge in [-0.15, -0.1) is 0 Å². The number of methoxy groups -OCH3 is 1. The summed E-state index contributed by atoms with van der Waals surface area (Å²) in [7, 11) is 1.76. The maximum absolute atomic E-state index is 5.02. The van der Waals surface area contributed by atoms with Crippen molar-refractivity contribution in [1.82, 2.24) is 5.32 Å².